The second kappa shape index (κ2) is 8.43. The number of fused-ring (bicyclic) bond motifs is 1. The number of aromatic hydroxyl groups is 1. The van der Waals surface area contributed by atoms with Gasteiger partial charge in [0.2, 0.25) is 0 Å². The highest BCUT2D eigenvalue weighted by molar-refractivity contribution is 5.96. The Bertz CT molecular complexity index is 1180. The first-order chi connectivity index (χ1) is 14.8. The maximum absolute atomic E-state index is 12.5. The summed E-state index contributed by atoms with van der Waals surface area (Å²) in [4.78, 5) is 12.5. The molecular formula is C28H28O3. The molecule has 3 aromatic carbocycles. The van der Waals surface area contributed by atoms with Crippen LogP contribution in [0.2, 0.25) is 0 Å². The van der Waals surface area contributed by atoms with Crippen molar-refractivity contribution >= 4 is 22.8 Å². The molecule has 3 nitrogen and oxygen atoms in total. The van der Waals surface area contributed by atoms with Crippen molar-refractivity contribution < 1.29 is 14.6 Å². The minimum absolute atomic E-state index is 0.133. The number of allylic oxidation sites excluding steroid dienone is 3. The largest absolute Gasteiger partial charge is 0.508 e. The van der Waals surface area contributed by atoms with Crippen molar-refractivity contribution in [3.63, 3.8) is 0 Å². The van der Waals surface area contributed by atoms with Gasteiger partial charge in [-0.15, -0.1) is 0 Å². The number of benzene rings is 3. The third kappa shape index (κ3) is 4.72. The molecule has 31 heavy (non-hydrogen) atoms. The van der Waals surface area contributed by atoms with Gasteiger partial charge in [0.15, 0.2) is 0 Å². The monoisotopic (exact) mass is 412 g/mol. The van der Waals surface area contributed by atoms with Crippen molar-refractivity contribution in [2.24, 2.45) is 5.41 Å². The molecule has 0 aliphatic heterocycles. The lowest BCUT2D eigenvalue weighted by Gasteiger charge is -2.32. The van der Waals surface area contributed by atoms with Crippen LogP contribution in [0.25, 0.3) is 16.8 Å². The van der Waals surface area contributed by atoms with E-state index in [1.54, 1.807) is 18.2 Å². The second-order valence-electron chi connectivity index (χ2n) is 8.97. The van der Waals surface area contributed by atoms with Gasteiger partial charge >= 0.3 is 5.97 Å². The molecule has 0 heterocycles. The smallest absolute Gasteiger partial charge is 0.343 e. The Labute approximate surface area is 183 Å². The van der Waals surface area contributed by atoms with Gasteiger partial charge < -0.3 is 9.84 Å². The Kier molecular flexibility index (Phi) is 5.69. The zero-order valence-corrected chi connectivity index (χ0v) is 18.3. The van der Waals surface area contributed by atoms with Crippen LogP contribution in [0, 0.1) is 5.41 Å². The molecule has 0 bridgehead atoms. The van der Waals surface area contributed by atoms with Gasteiger partial charge in [-0.1, -0.05) is 49.8 Å². The van der Waals surface area contributed by atoms with Gasteiger partial charge in [-0.3, -0.25) is 0 Å². The molecule has 0 amide bonds. The molecule has 0 saturated heterocycles. The fourth-order valence-corrected chi connectivity index (χ4v) is 4.36. The Morgan fingerprint density at radius 2 is 1.68 bits per heavy atom. The summed E-state index contributed by atoms with van der Waals surface area (Å²) in [6, 6.07) is 18.0. The predicted molar refractivity (Wildman–Crippen MR) is 126 cm³/mol. The highest BCUT2D eigenvalue weighted by Gasteiger charge is 2.26. The van der Waals surface area contributed by atoms with E-state index in [9.17, 15) is 9.90 Å². The fourth-order valence-electron chi connectivity index (χ4n) is 4.36. The van der Waals surface area contributed by atoms with Crippen LogP contribution in [0.5, 0.6) is 11.5 Å². The first kappa shape index (κ1) is 20.9. The number of hydrogen-bond donors (Lipinski definition) is 1. The van der Waals surface area contributed by atoms with Gasteiger partial charge in [0.25, 0.3) is 0 Å². The maximum Gasteiger partial charge on any atom is 0.343 e. The molecular weight excluding hydrogens is 384 g/mol. The summed E-state index contributed by atoms with van der Waals surface area (Å²) in [5.41, 5.74) is 4.81. The van der Waals surface area contributed by atoms with Crippen LogP contribution < -0.4 is 4.74 Å². The highest BCUT2D eigenvalue weighted by atomic mass is 16.5. The number of carbonyl (C=O) groups is 1. The summed E-state index contributed by atoms with van der Waals surface area (Å²) in [6.45, 7) is 6.91. The van der Waals surface area contributed by atoms with E-state index in [1.807, 2.05) is 18.2 Å². The minimum Gasteiger partial charge on any atom is -0.508 e. The van der Waals surface area contributed by atoms with Crippen LogP contribution in [0.3, 0.4) is 0 Å². The third-order valence-corrected chi connectivity index (χ3v) is 6.13. The number of hydrogen-bond acceptors (Lipinski definition) is 3. The summed E-state index contributed by atoms with van der Waals surface area (Å²) >= 11 is 0. The molecule has 4 rings (SSSR count). The number of esters is 1. The van der Waals surface area contributed by atoms with Gasteiger partial charge in [-0.05, 0) is 96.0 Å². The van der Waals surface area contributed by atoms with Gasteiger partial charge in [-0.25, -0.2) is 4.79 Å². The van der Waals surface area contributed by atoms with E-state index < -0.39 is 5.97 Å². The average molecular weight is 413 g/mol. The zero-order chi connectivity index (χ0) is 22.0. The van der Waals surface area contributed by atoms with Crippen LogP contribution in [0.4, 0.5) is 0 Å². The number of ether oxygens (including phenoxy) is 1. The molecule has 0 radical (unpaired) electrons. The van der Waals surface area contributed by atoms with Crippen molar-refractivity contribution in [1.82, 2.24) is 0 Å². The molecule has 0 atom stereocenters. The zero-order valence-electron chi connectivity index (χ0n) is 18.3. The summed E-state index contributed by atoms with van der Waals surface area (Å²) in [5.74, 6) is 0.117. The number of rotatable bonds is 4. The fraction of sp³-hybridized carbons (Fsp3) is 0.250. The van der Waals surface area contributed by atoms with E-state index in [4.69, 9.17) is 4.74 Å². The molecule has 0 aromatic heterocycles. The molecule has 3 heteroatoms. The van der Waals surface area contributed by atoms with Crippen LogP contribution in [0.15, 0.2) is 77.9 Å². The van der Waals surface area contributed by atoms with E-state index in [0.717, 1.165) is 16.3 Å². The first-order valence-corrected chi connectivity index (χ1v) is 10.8. The lowest BCUT2D eigenvalue weighted by Crippen LogP contribution is -2.18. The van der Waals surface area contributed by atoms with Crippen LogP contribution in [-0.4, -0.2) is 11.1 Å². The van der Waals surface area contributed by atoms with Crippen LogP contribution in [0.1, 0.15) is 56.0 Å². The molecule has 1 aliphatic carbocycles. The third-order valence-electron chi connectivity index (χ3n) is 6.13. The average Bonchev–Trinajstić information content (AvgIpc) is 2.74. The second-order valence-corrected chi connectivity index (χ2v) is 8.97. The normalized spacial score (nSPS) is 16.1. The summed E-state index contributed by atoms with van der Waals surface area (Å²) < 4.78 is 5.40. The molecule has 0 saturated carbocycles. The highest BCUT2D eigenvalue weighted by Crippen LogP contribution is 2.41. The number of carbonyl (C=O) groups excluding carboxylic acids is 1. The van der Waals surface area contributed by atoms with Crippen LogP contribution >= 0.6 is 0 Å². The number of phenolic OH excluding ortho intramolecular Hbond substituents is 1. The van der Waals surface area contributed by atoms with E-state index in [1.165, 1.54) is 42.5 Å². The maximum atomic E-state index is 12.5. The SMILES string of the molecule is CC1=C(/C=C/c2ccc3cc(C(=O)Oc4ccc(O)cc4)ccc3c2)C(C)(C)CCC1. The first-order valence-electron chi connectivity index (χ1n) is 10.8. The molecule has 0 spiro atoms. The van der Waals surface area contributed by atoms with Gasteiger partial charge in [-0.2, -0.15) is 0 Å². The quantitative estimate of drug-likeness (QED) is 0.361. The predicted octanol–water partition coefficient (Wildman–Crippen LogP) is 7.30. The van der Waals surface area contributed by atoms with E-state index in [-0.39, 0.29) is 11.2 Å². The molecule has 0 unspecified atom stereocenters. The van der Waals surface area contributed by atoms with Crippen molar-refractivity contribution in [3.05, 3.63) is 89.0 Å². The summed E-state index contributed by atoms with van der Waals surface area (Å²) in [5, 5.41) is 11.4. The van der Waals surface area contributed by atoms with Crippen molar-refractivity contribution in [1.29, 1.82) is 0 Å². The van der Waals surface area contributed by atoms with Gasteiger partial charge in [0.1, 0.15) is 11.5 Å². The topological polar surface area (TPSA) is 46.5 Å². The van der Waals surface area contributed by atoms with Crippen molar-refractivity contribution in [2.75, 3.05) is 0 Å². The van der Waals surface area contributed by atoms with E-state index >= 15 is 0 Å². The van der Waals surface area contributed by atoms with Gasteiger partial charge in [0.05, 0.1) is 5.56 Å². The Morgan fingerprint density at radius 1 is 0.968 bits per heavy atom. The lowest BCUT2D eigenvalue weighted by molar-refractivity contribution is 0.0734. The Hall–Kier alpha value is -3.33. The molecule has 1 aliphatic rings. The molecule has 1 N–H and O–H groups in total. The number of phenols is 1. The summed E-state index contributed by atoms with van der Waals surface area (Å²) in [6.07, 6.45) is 8.15. The minimum atomic E-state index is -0.418. The molecule has 0 fully saturated rings. The van der Waals surface area contributed by atoms with E-state index in [2.05, 4.69) is 45.1 Å². The standard InChI is InChI=1S/C28H28O3/c1-19-5-4-16-28(2,3)26(19)15-7-20-6-8-22-18-23(10-9-21(22)17-20)27(30)31-25-13-11-24(29)12-14-25/h6-15,17-18,29H,4-5,16H2,1-3H3/b15-7+. The summed E-state index contributed by atoms with van der Waals surface area (Å²) in [7, 11) is 0. The van der Waals surface area contributed by atoms with Crippen molar-refractivity contribution in [2.45, 2.75) is 40.0 Å². The Morgan fingerprint density at radius 3 is 2.42 bits per heavy atom. The molecule has 158 valence electrons. The van der Waals surface area contributed by atoms with Gasteiger partial charge in [0, 0.05) is 0 Å². The lowest BCUT2D eigenvalue weighted by atomic mass is 9.72. The van der Waals surface area contributed by atoms with Crippen molar-refractivity contribution in [3.8, 4) is 11.5 Å². The van der Waals surface area contributed by atoms with E-state index in [0.29, 0.717) is 11.3 Å². The van der Waals surface area contributed by atoms with Crippen LogP contribution in [-0.2, 0) is 0 Å². The molecule has 3 aromatic rings. The Balaban J connectivity index is 1.54.